The van der Waals surface area contributed by atoms with Gasteiger partial charge < -0.3 is 9.15 Å². The van der Waals surface area contributed by atoms with E-state index in [9.17, 15) is 4.79 Å². The van der Waals surface area contributed by atoms with Crippen molar-refractivity contribution in [3.8, 4) is 11.4 Å². The Bertz CT molecular complexity index is 1040. The molecule has 0 fully saturated rings. The molecule has 2 aromatic carbocycles. The highest BCUT2D eigenvalue weighted by Gasteiger charge is 2.05. The topological polar surface area (TPSA) is 57.3 Å². The molecule has 0 bridgehead atoms. The summed E-state index contributed by atoms with van der Waals surface area (Å²) in [5.41, 5.74) is 2.25. The summed E-state index contributed by atoms with van der Waals surface area (Å²) in [6.45, 7) is 0.336. The van der Waals surface area contributed by atoms with Crippen LogP contribution in [0.2, 0.25) is 0 Å². The van der Waals surface area contributed by atoms with Crippen molar-refractivity contribution in [2.45, 2.75) is 6.61 Å². The second-order valence-electron chi connectivity index (χ2n) is 5.32. The lowest BCUT2D eigenvalue weighted by Crippen LogP contribution is -2.01. The van der Waals surface area contributed by atoms with Gasteiger partial charge in [-0.25, -0.2) is 4.68 Å². The summed E-state index contributed by atoms with van der Waals surface area (Å²) in [5.74, 6) is 0.631. The molecule has 2 aromatic heterocycles. The minimum atomic E-state index is -0.0654. The molecular weight excluding hydrogens is 304 g/mol. The summed E-state index contributed by atoms with van der Waals surface area (Å²) in [4.78, 5) is 11.7. The molecule has 0 saturated heterocycles. The first-order valence-corrected chi connectivity index (χ1v) is 7.54. The first-order valence-electron chi connectivity index (χ1n) is 7.54. The van der Waals surface area contributed by atoms with Crippen LogP contribution in [0.4, 0.5) is 0 Å². The molecule has 2 heterocycles. The third kappa shape index (κ3) is 2.79. The molecule has 4 rings (SSSR count). The SMILES string of the molecule is O=c1ccoc2cc(OCc3ccn(-c4ccccc4)n3)ccc12. The van der Waals surface area contributed by atoms with Crippen molar-refractivity contribution in [1.82, 2.24) is 9.78 Å². The first-order chi connectivity index (χ1) is 11.8. The fourth-order valence-corrected chi connectivity index (χ4v) is 2.47. The summed E-state index contributed by atoms with van der Waals surface area (Å²) in [6, 6.07) is 18.4. The molecule has 0 unspecified atom stereocenters. The van der Waals surface area contributed by atoms with Gasteiger partial charge in [-0.1, -0.05) is 18.2 Å². The molecular formula is C19H14N2O3. The first kappa shape index (κ1) is 14.3. The number of benzene rings is 2. The van der Waals surface area contributed by atoms with Gasteiger partial charge in [0.25, 0.3) is 0 Å². The van der Waals surface area contributed by atoms with Crippen molar-refractivity contribution < 1.29 is 9.15 Å². The smallest absolute Gasteiger partial charge is 0.192 e. The number of hydrogen-bond donors (Lipinski definition) is 0. The minimum Gasteiger partial charge on any atom is -0.487 e. The van der Waals surface area contributed by atoms with E-state index in [0.29, 0.717) is 23.3 Å². The fourth-order valence-electron chi connectivity index (χ4n) is 2.47. The lowest BCUT2D eigenvalue weighted by atomic mass is 10.2. The molecule has 0 aliphatic heterocycles. The normalized spacial score (nSPS) is 10.8. The van der Waals surface area contributed by atoms with E-state index >= 15 is 0 Å². The van der Waals surface area contributed by atoms with E-state index in [-0.39, 0.29) is 5.43 Å². The molecule has 0 spiro atoms. The Kier molecular flexibility index (Phi) is 3.59. The zero-order valence-electron chi connectivity index (χ0n) is 12.8. The van der Waals surface area contributed by atoms with Gasteiger partial charge in [0.15, 0.2) is 5.43 Å². The van der Waals surface area contributed by atoms with Crippen LogP contribution in [0.25, 0.3) is 16.7 Å². The van der Waals surface area contributed by atoms with Crippen LogP contribution >= 0.6 is 0 Å². The second kappa shape index (κ2) is 6.04. The molecule has 0 amide bonds. The average molecular weight is 318 g/mol. The fraction of sp³-hybridized carbons (Fsp3) is 0.0526. The number of nitrogens with zero attached hydrogens (tertiary/aromatic N) is 2. The Hall–Kier alpha value is -3.34. The maximum absolute atomic E-state index is 11.7. The molecule has 4 aromatic rings. The lowest BCUT2D eigenvalue weighted by molar-refractivity contribution is 0.300. The van der Waals surface area contributed by atoms with Crippen molar-refractivity contribution in [1.29, 1.82) is 0 Å². The monoisotopic (exact) mass is 318 g/mol. The van der Waals surface area contributed by atoms with E-state index < -0.39 is 0 Å². The molecule has 0 aliphatic carbocycles. The highest BCUT2D eigenvalue weighted by molar-refractivity contribution is 5.77. The van der Waals surface area contributed by atoms with E-state index in [0.717, 1.165) is 11.4 Å². The second-order valence-corrected chi connectivity index (χ2v) is 5.32. The Labute approximate surface area is 137 Å². The highest BCUT2D eigenvalue weighted by Crippen LogP contribution is 2.19. The molecule has 118 valence electrons. The maximum atomic E-state index is 11.7. The Morgan fingerprint density at radius 1 is 1.04 bits per heavy atom. The minimum absolute atomic E-state index is 0.0654. The summed E-state index contributed by atoms with van der Waals surface area (Å²) in [7, 11) is 0. The molecule has 0 radical (unpaired) electrons. The van der Waals surface area contributed by atoms with Gasteiger partial charge in [-0.3, -0.25) is 4.79 Å². The molecule has 5 nitrogen and oxygen atoms in total. The molecule has 0 saturated carbocycles. The molecule has 5 heteroatoms. The number of rotatable bonds is 4. The van der Waals surface area contributed by atoms with E-state index in [4.69, 9.17) is 9.15 Å². The summed E-state index contributed by atoms with van der Waals surface area (Å²) < 4.78 is 12.9. The lowest BCUT2D eigenvalue weighted by Gasteiger charge is -2.05. The molecule has 0 atom stereocenters. The summed E-state index contributed by atoms with van der Waals surface area (Å²) in [5, 5.41) is 5.03. The summed E-state index contributed by atoms with van der Waals surface area (Å²) in [6.07, 6.45) is 3.28. The average Bonchev–Trinajstić information content (AvgIpc) is 3.10. The van der Waals surface area contributed by atoms with Gasteiger partial charge >= 0.3 is 0 Å². The Morgan fingerprint density at radius 2 is 1.92 bits per heavy atom. The Balaban J connectivity index is 1.51. The van der Waals surface area contributed by atoms with Crippen LogP contribution < -0.4 is 10.2 Å². The zero-order chi connectivity index (χ0) is 16.4. The van der Waals surface area contributed by atoms with Gasteiger partial charge in [0.1, 0.15) is 23.6 Å². The van der Waals surface area contributed by atoms with Crippen molar-refractivity contribution >= 4 is 11.0 Å². The van der Waals surface area contributed by atoms with Crippen molar-refractivity contribution in [2.75, 3.05) is 0 Å². The standard InChI is InChI=1S/C19H14N2O3/c22-18-9-11-23-19-12-16(6-7-17(18)19)24-13-14-8-10-21(20-14)15-4-2-1-3-5-15/h1-12H,13H2. The van der Waals surface area contributed by atoms with Crippen molar-refractivity contribution in [3.63, 3.8) is 0 Å². The van der Waals surface area contributed by atoms with Crippen LogP contribution in [-0.2, 0) is 6.61 Å². The van der Waals surface area contributed by atoms with Crippen LogP contribution in [-0.4, -0.2) is 9.78 Å². The Morgan fingerprint density at radius 3 is 2.79 bits per heavy atom. The number of fused-ring (bicyclic) bond motifs is 1. The van der Waals surface area contributed by atoms with Gasteiger partial charge in [0.05, 0.1) is 17.3 Å². The van der Waals surface area contributed by atoms with Gasteiger partial charge in [-0.15, -0.1) is 0 Å². The third-order valence-electron chi connectivity index (χ3n) is 3.68. The van der Waals surface area contributed by atoms with E-state index in [1.807, 2.05) is 42.6 Å². The van der Waals surface area contributed by atoms with E-state index in [1.54, 1.807) is 22.9 Å². The molecule has 24 heavy (non-hydrogen) atoms. The van der Waals surface area contributed by atoms with Crippen LogP contribution in [0.15, 0.2) is 82.3 Å². The number of aromatic nitrogens is 2. The van der Waals surface area contributed by atoms with Crippen molar-refractivity contribution in [2.24, 2.45) is 0 Å². The highest BCUT2D eigenvalue weighted by atomic mass is 16.5. The van der Waals surface area contributed by atoms with Crippen LogP contribution in [0.5, 0.6) is 5.75 Å². The van der Waals surface area contributed by atoms with E-state index in [1.165, 1.54) is 12.3 Å². The predicted octanol–water partition coefficient (Wildman–Crippen LogP) is 3.56. The third-order valence-corrected chi connectivity index (χ3v) is 3.68. The van der Waals surface area contributed by atoms with Crippen LogP contribution in [0, 0.1) is 0 Å². The zero-order valence-corrected chi connectivity index (χ0v) is 12.8. The summed E-state index contributed by atoms with van der Waals surface area (Å²) >= 11 is 0. The van der Waals surface area contributed by atoms with Gasteiger partial charge in [-0.2, -0.15) is 5.10 Å². The maximum Gasteiger partial charge on any atom is 0.192 e. The van der Waals surface area contributed by atoms with Crippen LogP contribution in [0.3, 0.4) is 0 Å². The van der Waals surface area contributed by atoms with E-state index in [2.05, 4.69) is 5.10 Å². The van der Waals surface area contributed by atoms with Gasteiger partial charge in [0, 0.05) is 18.3 Å². The number of ether oxygens (including phenoxy) is 1. The van der Waals surface area contributed by atoms with Gasteiger partial charge in [0.2, 0.25) is 0 Å². The quantitative estimate of drug-likeness (QED) is 0.577. The van der Waals surface area contributed by atoms with Crippen LogP contribution in [0.1, 0.15) is 5.69 Å². The largest absolute Gasteiger partial charge is 0.487 e. The number of para-hydroxylation sites is 1. The molecule has 0 N–H and O–H groups in total. The van der Waals surface area contributed by atoms with Crippen molar-refractivity contribution in [3.05, 3.63) is 89.0 Å². The predicted molar refractivity (Wildman–Crippen MR) is 90.4 cm³/mol. The van der Waals surface area contributed by atoms with Gasteiger partial charge in [-0.05, 0) is 30.3 Å². The molecule has 0 aliphatic rings. The number of hydrogen-bond acceptors (Lipinski definition) is 4.